The molecule has 0 aliphatic carbocycles. The van der Waals surface area contributed by atoms with E-state index in [0.29, 0.717) is 6.42 Å². The minimum atomic E-state index is -0.470. The molecule has 0 heterocycles. The topological polar surface area (TPSA) is 20.2 Å². The number of rotatable bonds is 4. The first-order valence-electron chi connectivity index (χ1n) is 5.75. The van der Waals surface area contributed by atoms with Crippen LogP contribution in [-0.4, -0.2) is 11.4 Å². The van der Waals surface area contributed by atoms with Crippen LogP contribution in [0.25, 0.3) is 0 Å². The molecule has 0 spiro atoms. The molecule has 0 aliphatic rings. The summed E-state index contributed by atoms with van der Waals surface area (Å²) in [5, 5.41) is 10.9. The maximum Gasteiger partial charge on any atom is 0.0830 e. The van der Waals surface area contributed by atoms with E-state index in [0.717, 1.165) is 16.1 Å². The van der Waals surface area contributed by atoms with E-state index < -0.39 is 6.10 Å². The van der Waals surface area contributed by atoms with Gasteiger partial charge in [-0.2, -0.15) is 0 Å². The molecular weight excluding hydrogens is 264 g/mol. The predicted octanol–water partition coefficient (Wildman–Crippen LogP) is 4.34. The summed E-state index contributed by atoms with van der Waals surface area (Å²) in [7, 11) is 0. The van der Waals surface area contributed by atoms with Gasteiger partial charge in [-0.1, -0.05) is 35.9 Å². The Kier molecular flexibility index (Phi) is 4.70. The average molecular weight is 279 g/mol. The van der Waals surface area contributed by atoms with Gasteiger partial charge in [-0.3, -0.25) is 0 Å². The van der Waals surface area contributed by atoms with E-state index in [2.05, 4.69) is 0 Å². The van der Waals surface area contributed by atoms with Crippen molar-refractivity contribution in [2.75, 3.05) is 6.26 Å². The smallest absolute Gasteiger partial charge is 0.0830 e. The van der Waals surface area contributed by atoms with Gasteiger partial charge in [0.15, 0.2) is 0 Å². The molecule has 1 nitrogen and oxygen atoms in total. The van der Waals surface area contributed by atoms with E-state index in [1.165, 1.54) is 4.90 Å². The summed E-state index contributed by atoms with van der Waals surface area (Å²) >= 11 is 7.53. The van der Waals surface area contributed by atoms with Gasteiger partial charge in [-0.25, -0.2) is 0 Å². The summed E-state index contributed by atoms with van der Waals surface area (Å²) in [4.78, 5) is 1.21. The molecule has 2 aromatic rings. The molecule has 1 N–H and O–H groups in total. The van der Waals surface area contributed by atoms with Crippen LogP contribution in [0.1, 0.15) is 17.2 Å². The Labute approximate surface area is 117 Å². The van der Waals surface area contributed by atoms with E-state index in [1.54, 1.807) is 11.8 Å². The van der Waals surface area contributed by atoms with Gasteiger partial charge in [-0.05, 0) is 41.6 Å². The molecule has 1 atom stereocenters. The fourth-order valence-electron chi connectivity index (χ4n) is 1.79. The van der Waals surface area contributed by atoms with E-state index >= 15 is 0 Å². The van der Waals surface area contributed by atoms with Crippen LogP contribution in [0, 0.1) is 0 Å². The van der Waals surface area contributed by atoms with Crippen molar-refractivity contribution in [2.45, 2.75) is 17.4 Å². The van der Waals surface area contributed by atoms with Crippen LogP contribution in [0.2, 0.25) is 5.02 Å². The number of hydrogen-bond donors (Lipinski definition) is 1. The van der Waals surface area contributed by atoms with Gasteiger partial charge >= 0.3 is 0 Å². The molecule has 3 heteroatoms. The van der Waals surface area contributed by atoms with Crippen LogP contribution in [0.5, 0.6) is 0 Å². The van der Waals surface area contributed by atoms with E-state index in [9.17, 15) is 5.11 Å². The highest BCUT2D eigenvalue weighted by atomic mass is 35.5. The summed E-state index contributed by atoms with van der Waals surface area (Å²) in [6, 6.07) is 15.6. The maximum atomic E-state index is 10.2. The second-order valence-electron chi connectivity index (χ2n) is 4.12. The number of aliphatic hydroxyl groups is 1. The van der Waals surface area contributed by atoms with Gasteiger partial charge < -0.3 is 5.11 Å². The Morgan fingerprint density at radius 3 is 2.22 bits per heavy atom. The third-order valence-electron chi connectivity index (χ3n) is 2.84. The molecule has 0 bridgehead atoms. The van der Waals surface area contributed by atoms with Crippen molar-refractivity contribution < 1.29 is 5.11 Å². The minimum absolute atomic E-state index is 0.470. The lowest BCUT2D eigenvalue weighted by molar-refractivity contribution is 0.178. The second kappa shape index (κ2) is 6.28. The molecular formula is C15H15ClOS. The molecule has 94 valence electrons. The van der Waals surface area contributed by atoms with Crippen molar-refractivity contribution in [1.82, 2.24) is 0 Å². The monoisotopic (exact) mass is 278 g/mol. The normalized spacial score (nSPS) is 12.4. The van der Waals surface area contributed by atoms with Gasteiger partial charge in [0.1, 0.15) is 0 Å². The highest BCUT2D eigenvalue weighted by Crippen LogP contribution is 2.22. The number of thioether (sulfide) groups is 1. The Morgan fingerprint density at radius 2 is 1.67 bits per heavy atom. The van der Waals surface area contributed by atoms with Crippen molar-refractivity contribution in [3.8, 4) is 0 Å². The summed E-state index contributed by atoms with van der Waals surface area (Å²) in [5.74, 6) is 0. The molecule has 0 saturated carbocycles. The first-order chi connectivity index (χ1) is 8.69. The summed E-state index contributed by atoms with van der Waals surface area (Å²) in [5.41, 5.74) is 2.03. The lowest BCUT2D eigenvalue weighted by Gasteiger charge is -2.11. The summed E-state index contributed by atoms with van der Waals surface area (Å²) < 4.78 is 0. The molecule has 0 amide bonds. The van der Waals surface area contributed by atoms with Crippen molar-refractivity contribution in [3.63, 3.8) is 0 Å². The van der Waals surface area contributed by atoms with Crippen LogP contribution in [-0.2, 0) is 6.42 Å². The van der Waals surface area contributed by atoms with Crippen molar-refractivity contribution in [3.05, 3.63) is 64.7 Å². The largest absolute Gasteiger partial charge is 0.388 e. The second-order valence-corrected chi connectivity index (χ2v) is 5.44. The van der Waals surface area contributed by atoms with Crippen LogP contribution < -0.4 is 0 Å². The number of halogens is 1. The lowest BCUT2D eigenvalue weighted by Crippen LogP contribution is -2.01. The Morgan fingerprint density at radius 1 is 1.06 bits per heavy atom. The average Bonchev–Trinajstić information content (AvgIpc) is 2.41. The predicted molar refractivity (Wildman–Crippen MR) is 78.3 cm³/mol. The standard InChI is InChI=1S/C15H15ClOS/c1-18-14-8-4-12(5-9-14)15(17)10-11-2-6-13(16)7-3-11/h2-9,15,17H,10H2,1H3. The highest BCUT2D eigenvalue weighted by molar-refractivity contribution is 7.98. The van der Waals surface area contributed by atoms with Gasteiger partial charge in [0.25, 0.3) is 0 Å². The van der Waals surface area contributed by atoms with Gasteiger partial charge in [0.05, 0.1) is 6.10 Å². The summed E-state index contributed by atoms with van der Waals surface area (Å²) in [6.45, 7) is 0. The molecule has 18 heavy (non-hydrogen) atoms. The van der Waals surface area contributed by atoms with E-state index in [-0.39, 0.29) is 0 Å². The van der Waals surface area contributed by atoms with Crippen molar-refractivity contribution >= 4 is 23.4 Å². The van der Waals surface area contributed by atoms with E-state index in [4.69, 9.17) is 11.6 Å². The first kappa shape index (κ1) is 13.5. The molecule has 0 aliphatic heterocycles. The Bertz CT molecular complexity index is 493. The molecule has 1 unspecified atom stereocenters. The first-order valence-corrected chi connectivity index (χ1v) is 7.36. The van der Waals surface area contributed by atoms with Crippen molar-refractivity contribution in [2.24, 2.45) is 0 Å². The zero-order valence-corrected chi connectivity index (χ0v) is 11.7. The van der Waals surface area contributed by atoms with E-state index in [1.807, 2.05) is 54.8 Å². The van der Waals surface area contributed by atoms with Gasteiger partial charge in [-0.15, -0.1) is 11.8 Å². The third-order valence-corrected chi connectivity index (χ3v) is 3.84. The highest BCUT2D eigenvalue weighted by Gasteiger charge is 2.08. The fourth-order valence-corrected chi connectivity index (χ4v) is 2.32. The fraction of sp³-hybridized carbons (Fsp3) is 0.200. The molecule has 0 fully saturated rings. The third kappa shape index (κ3) is 3.52. The van der Waals surface area contributed by atoms with Crippen LogP contribution in [0.3, 0.4) is 0 Å². The minimum Gasteiger partial charge on any atom is -0.388 e. The van der Waals surface area contributed by atoms with Crippen LogP contribution >= 0.6 is 23.4 Å². The zero-order chi connectivity index (χ0) is 13.0. The Hall–Kier alpha value is -0.960. The SMILES string of the molecule is CSc1ccc(C(O)Cc2ccc(Cl)cc2)cc1. The maximum absolute atomic E-state index is 10.2. The quantitative estimate of drug-likeness (QED) is 0.840. The number of aliphatic hydroxyl groups excluding tert-OH is 1. The molecule has 0 saturated heterocycles. The molecule has 0 aromatic heterocycles. The van der Waals surface area contributed by atoms with Crippen molar-refractivity contribution in [1.29, 1.82) is 0 Å². The number of hydrogen-bond acceptors (Lipinski definition) is 2. The summed E-state index contributed by atoms with van der Waals surface area (Å²) in [6.07, 6.45) is 2.18. The van der Waals surface area contributed by atoms with Gasteiger partial charge in [0.2, 0.25) is 0 Å². The lowest BCUT2D eigenvalue weighted by atomic mass is 10.0. The molecule has 0 radical (unpaired) electrons. The van der Waals surface area contributed by atoms with Crippen LogP contribution in [0.4, 0.5) is 0 Å². The Balaban J connectivity index is 2.06. The zero-order valence-electron chi connectivity index (χ0n) is 10.1. The van der Waals surface area contributed by atoms with Gasteiger partial charge in [0, 0.05) is 16.3 Å². The molecule has 2 rings (SSSR count). The van der Waals surface area contributed by atoms with Crippen LogP contribution in [0.15, 0.2) is 53.4 Å². The molecule has 2 aromatic carbocycles. The number of benzene rings is 2.